The second kappa shape index (κ2) is 4.09. The van der Waals surface area contributed by atoms with Crippen LogP contribution in [0.2, 0.25) is 0 Å². The van der Waals surface area contributed by atoms with Crippen LogP contribution in [0.25, 0.3) is 0 Å². The van der Waals surface area contributed by atoms with Crippen LogP contribution < -0.4 is 4.90 Å². The molecule has 1 aromatic rings. The Morgan fingerprint density at radius 2 is 2.44 bits per heavy atom. The maximum absolute atomic E-state index is 10.8. The molecule has 1 aliphatic rings. The maximum atomic E-state index is 10.8. The molecule has 1 N–H and O–H groups in total. The summed E-state index contributed by atoms with van der Waals surface area (Å²) in [6.07, 6.45) is 3.41. The van der Waals surface area contributed by atoms with Crippen molar-refractivity contribution in [1.29, 1.82) is 0 Å². The zero-order valence-electron chi connectivity index (χ0n) is 9.04. The summed E-state index contributed by atoms with van der Waals surface area (Å²) in [6, 6.07) is 0.292. The number of rotatable bonds is 5. The minimum absolute atomic E-state index is 0.00264. The molecule has 1 saturated carbocycles. The highest BCUT2D eigenvalue weighted by molar-refractivity contribution is 5.58. The monoisotopic (exact) mass is 226 g/mol. The molecule has 7 heteroatoms. The Kier molecular flexibility index (Phi) is 2.78. The van der Waals surface area contributed by atoms with Gasteiger partial charge in [0.25, 0.3) is 0 Å². The van der Waals surface area contributed by atoms with Crippen LogP contribution in [-0.2, 0) is 7.05 Å². The lowest BCUT2D eigenvalue weighted by Crippen LogP contribution is -2.29. The highest BCUT2D eigenvalue weighted by Crippen LogP contribution is 2.35. The standard InChI is InChI=1S/C9H14N4O3/c1-11-6-8(13(15)16)9(10-11)12(4-5-14)7-2-3-7/h6-7,14H,2-5H2,1H3. The largest absolute Gasteiger partial charge is 0.395 e. The van der Waals surface area contributed by atoms with Crippen molar-refractivity contribution in [1.82, 2.24) is 9.78 Å². The van der Waals surface area contributed by atoms with Gasteiger partial charge in [0.1, 0.15) is 6.20 Å². The first-order valence-corrected chi connectivity index (χ1v) is 5.19. The number of hydrogen-bond donors (Lipinski definition) is 1. The van der Waals surface area contributed by atoms with E-state index in [-0.39, 0.29) is 12.3 Å². The van der Waals surface area contributed by atoms with Crippen LogP contribution in [0.4, 0.5) is 11.5 Å². The second-order valence-corrected chi connectivity index (χ2v) is 3.92. The first kappa shape index (κ1) is 10.9. The molecule has 0 unspecified atom stereocenters. The van der Waals surface area contributed by atoms with E-state index in [1.54, 1.807) is 7.05 Å². The summed E-state index contributed by atoms with van der Waals surface area (Å²) in [4.78, 5) is 12.2. The van der Waals surface area contributed by atoms with Gasteiger partial charge in [0.05, 0.1) is 11.5 Å². The molecule has 88 valence electrons. The molecule has 0 amide bonds. The van der Waals surface area contributed by atoms with E-state index in [1.165, 1.54) is 10.9 Å². The quantitative estimate of drug-likeness (QED) is 0.576. The molecule has 0 radical (unpaired) electrons. The summed E-state index contributed by atoms with van der Waals surface area (Å²) in [5.74, 6) is 0.365. The van der Waals surface area contributed by atoms with E-state index in [9.17, 15) is 10.1 Å². The third kappa shape index (κ3) is 1.99. The van der Waals surface area contributed by atoms with Crippen molar-refractivity contribution in [2.24, 2.45) is 7.05 Å². The molecule has 1 heterocycles. The van der Waals surface area contributed by atoms with Gasteiger partial charge in [0.2, 0.25) is 5.82 Å². The predicted octanol–water partition coefficient (Wildman–Crippen LogP) is 0.289. The van der Waals surface area contributed by atoms with Gasteiger partial charge in [0.15, 0.2) is 0 Å². The van der Waals surface area contributed by atoms with Crippen LogP contribution in [0.1, 0.15) is 12.8 Å². The van der Waals surface area contributed by atoms with Gasteiger partial charge >= 0.3 is 5.69 Å². The van der Waals surface area contributed by atoms with Gasteiger partial charge in [-0.3, -0.25) is 14.8 Å². The lowest BCUT2D eigenvalue weighted by Gasteiger charge is -2.19. The SMILES string of the molecule is Cn1cc([N+](=O)[O-])c(N(CCO)C2CC2)n1. The van der Waals surface area contributed by atoms with Gasteiger partial charge in [-0.2, -0.15) is 0 Å². The van der Waals surface area contributed by atoms with E-state index in [4.69, 9.17) is 5.11 Å². The van der Waals surface area contributed by atoms with E-state index < -0.39 is 4.92 Å². The molecule has 0 bridgehead atoms. The van der Waals surface area contributed by atoms with Gasteiger partial charge in [-0.25, -0.2) is 0 Å². The molecule has 1 aliphatic carbocycles. The van der Waals surface area contributed by atoms with Crippen molar-refractivity contribution >= 4 is 11.5 Å². The average Bonchev–Trinajstić information content (AvgIpc) is 2.97. The molecule has 16 heavy (non-hydrogen) atoms. The van der Waals surface area contributed by atoms with E-state index in [1.807, 2.05) is 4.90 Å². The van der Waals surface area contributed by atoms with Crippen molar-refractivity contribution in [2.45, 2.75) is 18.9 Å². The zero-order valence-corrected chi connectivity index (χ0v) is 9.04. The van der Waals surface area contributed by atoms with Crippen molar-refractivity contribution in [3.05, 3.63) is 16.3 Å². The fourth-order valence-corrected chi connectivity index (χ4v) is 1.75. The van der Waals surface area contributed by atoms with Gasteiger partial charge < -0.3 is 10.0 Å². The molecule has 0 saturated heterocycles. The van der Waals surface area contributed by atoms with Crippen LogP contribution in [0.15, 0.2) is 6.20 Å². The Hall–Kier alpha value is -1.63. The second-order valence-electron chi connectivity index (χ2n) is 3.92. The molecule has 0 spiro atoms. The van der Waals surface area contributed by atoms with E-state index in [0.29, 0.717) is 18.4 Å². The molecule has 0 atom stereocenters. The maximum Gasteiger partial charge on any atom is 0.330 e. The first-order valence-electron chi connectivity index (χ1n) is 5.19. The third-order valence-electron chi connectivity index (χ3n) is 2.59. The predicted molar refractivity (Wildman–Crippen MR) is 57.3 cm³/mol. The molecule has 0 aromatic carbocycles. The molecule has 1 fully saturated rings. The highest BCUT2D eigenvalue weighted by atomic mass is 16.6. The van der Waals surface area contributed by atoms with Crippen LogP contribution in [0.3, 0.4) is 0 Å². The average molecular weight is 226 g/mol. The van der Waals surface area contributed by atoms with E-state index in [0.717, 1.165) is 12.8 Å². The van der Waals surface area contributed by atoms with Crippen LogP contribution >= 0.6 is 0 Å². The fourth-order valence-electron chi connectivity index (χ4n) is 1.75. The minimum atomic E-state index is -0.435. The number of hydrogen-bond acceptors (Lipinski definition) is 5. The first-order chi connectivity index (χ1) is 7.63. The number of nitrogens with zero attached hydrogens (tertiary/aromatic N) is 4. The third-order valence-corrected chi connectivity index (χ3v) is 2.59. The molecular formula is C9H14N4O3. The van der Waals surface area contributed by atoms with Gasteiger partial charge in [-0.15, -0.1) is 5.10 Å². The summed E-state index contributed by atoms with van der Waals surface area (Å²) >= 11 is 0. The lowest BCUT2D eigenvalue weighted by molar-refractivity contribution is -0.384. The summed E-state index contributed by atoms with van der Waals surface area (Å²) < 4.78 is 1.43. The van der Waals surface area contributed by atoms with E-state index >= 15 is 0 Å². The zero-order chi connectivity index (χ0) is 11.7. The van der Waals surface area contributed by atoms with Crippen molar-refractivity contribution in [3.8, 4) is 0 Å². The molecule has 2 rings (SSSR count). The van der Waals surface area contributed by atoms with Gasteiger partial charge in [0, 0.05) is 19.6 Å². The number of nitro groups is 1. The highest BCUT2D eigenvalue weighted by Gasteiger charge is 2.34. The van der Waals surface area contributed by atoms with Crippen LogP contribution in [0.5, 0.6) is 0 Å². The van der Waals surface area contributed by atoms with Crippen molar-refractivity contribution < 1.29 is 10.0 Å². The normalized spacial score (nSPS) is 15.1. The topological polar surface area (TPSA) is 84.4 Å². The number of aliphatic hydroxyl groups is 1. The lowest BCUT2D eigenvalue weighted by atomic mass is 10.4. The number of aliphatic hydroxyl groups excluding tert-OH is 1. The number of aromatic nitrogens is 2. The van der Waals surface area contributed by atoms with Crippen molar-refractivity contribution in [3.63, 3.8) is 0 Å². The van der Waals surface area contributed by atoms with Crippen LogP contribution in [-0.4, -0.2) is 39.0 Å². The van der Waals surface area contributed by atoms with Crippen molar-refractivity contribution in [2.75, 3.05) is 18.1 Å². The Bertz CT molecular complexity index is 399. The number of anilines is 1. The fraction of sp³-hybridized carbons (Fsp3) is 0.667. The Balaban J connectivity index is 2.31. The smallest absolute Gasteiger partial charge is 0.330 e. The Morgan fingerprint density at radius 3 is 2.94 bits per heavy atom. The summed E-state index contributed by atoms with van der Waals surface area (Å²) in [5.41, 5.74) is 0.00264. The summed E-state index contributed by atoms with van der Waals surface area (Å²) in [7, 11) is 1.65. The molecule has 1 aromatic heterocycles. The summed E-state index contributed by atoms with van der Waals surface area (Å²) in [6.45, 7) is 0.368. The Labute approximate surface area is 92.4 Å². The van der Waals surface area contributed by atoms with Crippen LogP contribution in [0, 0.1) is 10.1 Å². The van der Waals surface area contributed by atoms with Gasteiger partial charge in [-0.1, -0.05) is 0 Å². The Morgan fingerprint density at radius 1 is 1.75 bits per heavy atom. The van der Waals surface area contributed by atoms with E-state index in [2.05, 4.69) is 5.10 Å². The van der Waals surface area contributed by atoms with Gasteiger partial charge in [-0.05, 0) is 12.8 Å². The molecule has 0 aliphatic heterocycles. The molecular weight excluding hydrogens is 212 g/mol. The minimum Gasteiger partial charge on any atom is -0.395 e. The number of aryl methyl sites for hydroxylation is 1. The summed E-state index contributed by atoms with van der Waals surface area (Å²) in [5, 5.41) is 23.9. The molecule has 7 nitrogen and oxygen atoms in total.